The zero-order valence-corrected chi connectivity index (χ0v) is 17.8. The third-order valence-corrected chi connectivity index (χ3v) is 5.68. The number of halogens is 1. The molecule has 1 aromatic heterocycles. The zero-order valence-electron chi connectivity index (χ0n) is 16.3. The van der Waals surface area contributed by atoms with E-state index in [0.717, 1.165) is 5.56 Å². The van der Waals surface area contributed by atoms with Crippen LogP contribution in [0.2, 0.25) is 5.02 Å². The van der Waals surface area contributed by atoms with Gasteiger partial charge in [0, 0.05) is 43.6 Å². The number of aromatic nitrogens is 2. The number of rotatable bonds is 8. The van der Waals surface area contributed by atoms with E-state index in [1.165, 1.54) is 11.8 Å². The van der Waals surface area contributed by atoms with Crippen molar-refractivity contribution in [2.45, 2.75) is 23.9 Å². The maximum atomic E-state index is 13.0. The van der Waals surface area contributed by atoms with Crippen molar-refractivity contribution < 1.29 is 9.53 Å². The van der Waals surface area contributed by atoms with Crippen molar-refractivity contribution in [3.8, 4) is 0 Å². The van der Waals surface area contributed by atoms with Gasteiger partial charge in [-0.2, -0.15) is 0 Å². The molecule has 152 valence electrons. The first-order valence-electron chi connectivity index (χ1n) is 9.16. The van der Waals surface area contributed by atoms with E-state index < -0.39 is 0 Å². The number of nitrogens with zero attached hydrogens (tertiary/aromatic N) is 2. The van der Waals surface area contributed by atoms with E-state index in [1.807, 2.05) is 18.2 Å². The summed E-state index contributed by atoms with van der Waals surface area (Å²) < 4.78 is 6.81. The van der Waals surface area contributed by atoms with Gasteiger partial charge in [0.25, 0.3) is 11.5 Å². The van der Waals surface area contributed by atoms with Crippen molar-refractivity contribution in [2.24, 2.45) is 0 Å². The minimum atomic E-state index is -0.133. The first kappa shape index (κ1) is 21.4. The molecule has 0 bridgehead atoms. The van der Waals surface area contributed by atoms with Crippen LogP contribution in [0.4, 0.5) is 0 Å². The molecule has 2 aromatic carbocycles. The van der Waals surface area contributed by atoms with Crippen LogP contribution < -0.4 is 10.9 Å². The highest BCUT2D eigenvalue weighted by Gasteiger charge is 2.13. The lowest BCUT2D eigenvalue weighted by Gasteiger charge is -2.13. The average Bonchev–Trinajstić information content (AvgIpc) is 2.73. The molecule has 0 spiro atoms. The fourth-order valence-corrected chi connectivity index (χ4v) is 4.08. The Kier molecular flexibility index (Phi) is 7.30. The molecule has 0 saturated heterocycles. The van der Waals surface area contributed by atoms with Crippen molar-refractivity contribution in [3.63, 3.8) is 0 Å². The highest BCUT2D eigenvalue weighted by molar-refractivity contribution is 7.98. The Morgan fingerprint density at radius 1 is 1.28 bits per heavy atom. The van der Waals surface area contributed by atoms with Crippen LogP contribution in [0.3, 0.4) is 0 Å². The van der Waals surface area contributed by atoms with Gasteiger partial charge in [0.05, 0.1) is 10.9 Å². The third-order valence-electron chi connectivity index (χ3n) is 4.40. The molecule has 29 heavy (non-hydrogen) atoms. The van der Waals surface area contributed by atoms with Gasteiger partial charge in [0.1, 0.15) is 0 Å². The number of thioether (sulfide) groups is 1. The molecule has 0 saturated carbocycles. The van der Waals surface area contributed by atoms with E-state index in [9.17, 15) is 9.59 Å². The predicted molar refractivity (Wildman–Crippen MR) is 117 cm³/mol. The predicted octanol–water partition coefficient (Wildman–Crippen LogP) is 3.74. The number of hydrogen-bond acceptors (Lipinski definition) is 5. The summed E-state index contributed by atoms with van der Waals surface area (Å²) in [5, 5.41) is 4.32. The van der Waals surface area contributed by atoms with Gasteiger partial charge in [0.2, 0.25) is 0 Å². The smallest absolute Gasteiger partial charge is 0.262 e. The van der Waals surface area contributed by atoms with Crippen molar-refractivity contribution in [1.82, 2.24) is 14.9 Å². The molecular weight excluding hydrogens is 410 g/mol. The van der Waals surface area contributed by atoms with Crippen LogP contribution in [0.5, 0.6) is 0 Å². The minimum Gasteiger partial charge on any atom is -0.385 e. The summed E-state index contributed by atoms with van der Waals surface area (Å²) in [5.74, 6) is 0.444. The Labute approximate surface area is 178 Å². The Hall–Kier alpha value is -2.35. The molecule has 0 aliphatic carbocycles. The van der Waals surface area contributed by atoms with E-state index in [0.29, 0.717) is 52.0 Å². The Morgan fingerprint density at radius 3 is 2.86 bits per heavy atom. The molecule has 8 heteroatoms. The van der Waals surface area contributed by atoms with Gasteiger partial charge in [-0.3, -0.25) is 14.2 Å². The van der Waals surface area contributed by atoms with E-state index >= 15 is 0 Å². The van der Waals surface area contributed by atoms with Crippen molar-refractivity contribution in [1.29, 1.82) is 0 Å². The van der Waals surface area contributed by atoms with Crippen LogP contribution in [0.15, 0.2) is 52.4 Å². The lowest BCUT2D eigenvalue weighted by Crippen LogP contribution is -2.24. The number of nitrogens with one attached hydrogen (secondary N) is 1. The SMILES string of the molecule is CNC(=O)c1cccc(CSc2nc3cc(Cl)ccc3c(=O)n2CCCOC)c1. The van der Waals surface area contributed by atoms with Gasteiger partial charge in [-0.05, 0) is 42.3 Å². The van der Waals surface area contributed by atoms with Crippen molar-refractivity contribution in [3.05, 3.63) is 69.0 Å². The second kappa shape index (κ2) is 9.91. The number of fused-ring (bicyclic) bond motifs is 1. The molecule has 1 heterocycles. The number of carbonyl (C=O) groups is 1. The molecule has 0 atom stereocenters. The number of hydrogen-bond donors (Lipinski definition) is 1. The number of methoxy groups -OCH3 is 1. The monoisotopic (exact) mass is 431 g/mol. The fourth-order valence-electron chi connectivity index (χ4n) is 2.94. The quantitative estimate of drug-likeness (QED) is 0.334. The molecule has 0 fully saturated rings. The summed E-state index contributed by atoms with van der Waals surface area (Å²) in [6, 6.07) is 12.5. The van der Waals surface area contributed by atoms with Crippen molar-refractivity contribution in [2.75, 3.05) is 20.8 Å². The van der Waals surface area contributed by atoms with E-state index in [1.54, 1.807) is 43.0 Å². The highest BCUT2D eigenvalue weighted by Crippen LogP contribution is 2.24. The summed E-state index contributed by atoms with van der Waals surface area (Å²) in [7, 11) is 3.24. The largest absolute Gasteiger partial charge is 0.385 e. The van der Waals surface area contributed by atoms with E-state index in [-0.39, 0.29) is 11.5 Å². The number of benzene rings is 2. The van der Waals surface area contributed by atoms with Crippen LogP contribution in [0.1, 0.15) is 22.3 Å². The maximum Gasteiger partial charge on any atom is 0.262 e. The molecule has 6 nitrogen and oxygen atoms in total. The Morgan fingerprint density at radius 2 is 2.10 bits per heavy atom. The first-order valence-corrected chi connectivity index (χ1v) is 10.5. The topological polar surface area (TPSA) is 73.2 Å². The molecule has 1 N–H and O–H groups in total. The van der Waals surface area contributed by atoms with Crippen LogP contribution in [0, 0.1) is 0 Å². The van der Waals surface area contributed by atoms with Crippen molar-refractivity contribution >= 4 is 40.2 Å². The van der Waals surface area contributed by atoms with Gasteiger partial charge >= 0.3 is 0 Å². The normalized spacial score (nSPS) is 11.0. The summed E-state index contributed by atoms with van der Waals surface area (Å²) in [4.78, 5) is 29.6. The number of ether oxygens (including phenoxy) is 1. The second-order valence-corrected chi connectivity index (χ2v) is 7.81. The summed E-state index contributed by atoms with van der Waals surface area (Å²) in [6.07, 6.45) is 0.705. The highest BCUT2D eigenvalue weighted by atomic mass is 35.5. The fraction of sp³-hybridized carbons (Fsp3) is 0.286. The molecule has 3 rings (SSSR count). The van der Waals surface area contributed by atoms with E-state index in [4.69, 9.17) is 16.3 Å². The number of amides is 1. The molecule has 0 radical (unpaired) electrons. The van der Waals surface area contributed by atoms with E-state index in [2.05, 4.69) is 10.3 Å². The number of carbonyl (C=O) groups excluding carboxylic acids is 1. The molecule has 0 unspecified atom stereocenters. The summed E-state index contributed by atoms with van der Waals surface area (Å²) in [6.45, 7) is 1.07. The molecular formula is C21H22ClN3O3S. The summed E-state index contributed by atoms with van der Waals surface area (Å²) >= 11 is 7.55. The Balaban J connectivity index is 1.93. The van der Waals surface area contributed by atoms with Gasteiger partial charge in [-0.15, -0.1) is 0 Å². The van der Waals surface area contributed by atoms with Crippen LogP contribution >= 0.6 is 23.4 Å². The lowest BCUT2D eigenvalue weighted by molar-refractivity contribution is 0.0963. The van der Waals surface area contributed by atoms with Gasteiger partial charge in [-0.1, -0.05) is 35.5 Å². The zero-order chi connectivity index (χ0) is 20.8. The molecule has 1 amide bonds. The maximum absolute atomic E-state index is 13.0. The van der Waals surface area contributed by atoms with Crippen LogP contribution in [-0.2, 0) is 17.0 Å². The van der Waals surface area contributed by atoms with Crippen LogP contribution in [0.25, 0.3) is 10.9 Å². The minimum absolute atomic E-state index is 0.0932. The molecule has 0 aliphatic rings. The summed E-state index contributed by atoms with van der Waals surface area (Å²) in [5.41, 5.74) is 2.05. The van der Waals surface area contributed by atoms with Gasteiger partial charge < -0.3 is 10.1 Å². The third kappa shape index (κ3) is 5.18. The first-order chi connectivity index (χ1) is 14.0. The average molecular weight is 432 g/mol. The molecule has 3 aromatic rings. The Bertz CT molecular complexity index is 1080. The van der Waals surface area contributed by atoms with Crippen LogP contribution in [-0.4, -0.2) is 36.2 Å². The van der Waals surface area contributed by atoms with Gasteiger partial charge in [-0.25, -0.2) is 4.98 Å². The standard InChI is InChI=1S/C21H22ClN3O3S/c1-23-19(26)15-6-3-5-14(11-15)13-29-21-24-18-12-16(22)7-8-17(18)20(27)25(21)9-4-10-28-2/h3,5-8,11-12H,4,9-10,13H2,1-2H3,(H,23,26). The van der Waals surface area contributed by atoms with Gasteiger partial charge in [0.15, 0.2) is 5.16 Å². The molecule has 0 aliphatic heterocycles. The lowest BCUT2D eigenvalue weighted by atomic mass is 10.1. The second-order valence-electron chi connectivity index (χ2n) is 6.43.